The Kier molecular flexibility index (Phi) is 5.50. The molecule has 17 heavy (non-hydrogen) atoms. The Morgan fingerprint density at radius 3 is 2.71 bits per heavy atom. The second-order valence-electron chi connectivity index (χ2n) is 3.40. The van der Waals surface area contributed by atoms with Gasteiger partial charge in [0.15, 0.2) is 0 Å². The van der Waals surface area contributed by atoms with Gasteiger partial charge in [-0.05, 0) is 28.5 Å². The Bertz CT molecular complexity index is 413. The fourth-order valence-corrected chi connectivity index (χ4v) is 1.55. The van der Waals surface area contributed by atoms with E-state index in [0.29, 0.717) is 6.54 Å². The van der Waals surface area contributed by atoms with Crippen LogP contribution in [0.2, 0.25) is 0 Å². The molecule has 1 aromatic carbocycles. The molecule has 0 atom stereocenters. The number of hydrogen-bond donors (Lipinski definition) is 2. The van der Waals surface area contributed by atoms with E-state index in [1.165, 1.54) is 6.07 Å². The lowest BCUT2D eigenvalue weighted by Crippen LogP contribution is -2.21. The summed E-state index contributed by atoms with van der Waals surface area (Å²) in [4.78, 5) is 11.4. The summed E-state index contributed by atoms with van der Waals surface area (Å²) >= 11 is 2.93. The average molecular weight is 307 g/mol. The number of halogens is 3. The van der Waals surface area contributed by atoms with E-state index < -0.39 is 11.6 Å². The first-order valence-corrected chi connectivity index (χ1v) is 5.99. The molecule has 0 aliphatic carbocycles. The van der Waals surface area contributed by atoms with Crippen LogP contribution in [0, 0.1) is 11.6 Å². The first kappa shape index (κ1) is 14.1. The van der Waals surface area contributed by atoms with Crippen LogP contribution in [0.3, 0.4) is 0 Å². The SMILES string of the molecule is CCNCCC(=O)Nc1cc(Br)c(F)cc1F. The van der Waals surface area contributed by atoms with Crippen LogP contribution in [0.25, 0.3) is 0 Å². The van der Waals surface area contributed by atoms with Crippen LogP contribution < -0.4 is 10.6 Å². The van der Waals surface area contributed by atoms with Crippen LogP contribution >= 0.6 is 15.9 Å². The molecular formula is C11H13BrF2N2O. The molecule has 0 bridgehead atoms. The maximum absolute atomic E-state index is 13.3. The molecule has 0 radical (unpaired) electrons. The summed E-state index contributed by atoms with van der Waals surface area (Å²) in [6.07, 6.45) is 0.238. The maximum atomic E-state index is 13.3. The van der Waals surface area contributed by atoms with Gasteiger partial charge in [0.05, 0.1) is 10.2 Å². The predicted molar refractivity (Wildman–Crippen MR) is 65.8 cm³/mol. The van der Waals surface area contributed by atoms with Crippen LogP contribution in [-0.4, -0.2) is 19.0 Å². The number of benzene rings is 1. The highest BCUT2D eigenvalue weighted by molar-refractivity contribution is 9.10. The zero-order chi connectivity index (χ0) is 12.8. The molecule has 0 saturated carbocycles. The highest BCUT2D eigenvalue weighted by Gasteiger charge is 2.10. The third-order valence-electron chi connectivity index (χ3n) is 2.06. The molecule has 1 amide bonds. The normalized spacial score (nSPS) is 10.4. The fraction of sp³-hybridized carbons (Fsp3) is 0.364. The summed E-state index contributed by atoms with van der Waals surface area (Å²) in [5, 5.41) is 5.36. The zero-order valence-corrected chi connectivity index (χ0v) is 10.9. The van der Waals surface area contributed by atoms with Crippen molar-refractivity contribution in [1.82, 2.24) is 5.32 Å². The molecule has 94 valence electrons. The van der Waals surface area contributed by atoms with E-state index in [9.17, 15) is 13.6 Å². The molecule has 0 aliphatic heterocycles. The van der Waals surface area contributed by atoms with Gasteiger partial charge in [-0.1, -0.05) is 6.92 Å². The Balaban J connectivity index is 2.62. The van der Waals surface area contributed by atoms with Gasteiger partial charge in [-0.2, -0.15) is 0 Å². The van der Waals surface area contributed by atoms with E-state index in [4.69, 9.17) is 0 Å². The smallest absolute Gasteiger partial charge is 0.225 e. The summed E-state index contributed by atoms with van der Waals surface area (Å²) in [5.41, 5.74) is -0.0280. The molecule has 0 saturated heterocycles. The van der Waals surface area contributed by atoms with Crippen molar-refractivity contribution in [1.29, 1.82) is 0 Å². The lowest BCUT2D eigenvalue weighted by atomic mass is 10.3. The largest absolute Gasteiger partial charge is 0.324 e. The van der Waals surface area contributed by atoms with Gasteiger partial charge in [0.1, 0.15) is 11.6 Å². The van der Waals surface area contributed by atoms with Crippen molar-refractivity contribution >= 4 is 27.5 Å². The standard InChI is InChI=1S/C11H13BrF2N2O/c1-2-15-4-3-11(17)16-10-5-7(12)8(13)6-9(10)14/h5-6,15H,2-4H2,1H3,(H,16,17). The Morgan fingerprint density at radius 1 is 1.35 bits per heavy atom. The molecule has 2 N–H and O–H groups in total. The lowest BCUT2D eigenvalue weighted by molar-refractivity contribution is -0.116. The van der Waals surface area contributed by atoms with E-state index in [0.717, 1.165) is 12.6 Å². The molecule has 1 rings (SSSR count). The van der Waals surface area contributed by atoms with Crippen molar-refractivity contribution in [3.05, 3.63) is 28.2 Å². The number of nitrogens with one attached hydrogen (secondary N) is 2. The Hall–Kier alpha value is -1.01. The first-order chi connectivity index (χ1) is 8.04. The molecule has 0 fully saturated rings. The van der Waals surface area contributed by atoms with Gasteiger partial charge in [-0.25, -0.2) is 8.78 Å². The predicted octanol–water partition coefficient (Wildman–Crippen LogP) is 2.67. The van der Waals surface area contributed by atoms with Crippen LogP contribution in [0.4, 0.5) is 14.5 Å². The van der Waals surface area contributed by atoms with E-state index >= 15 is 0 Å². The summed E-state index contributed by atoms with van der Waals surface area (Å²) in [7, 11) is 0. The molecule has 0 aromatic heterocycles. The molecule has 0 heterocycles. The van der Waals surface area contributed by atoms with Crippen LogP contribution in [-0.2, 0) is 4.79 Å². The van der Waals surface area contributed by atoms with E-state index in [2.05, 4.69) is 26.6 Å². The van der Waals surface area contributed by atoms with E-state index in [-0.39, 0.29) is 22.5 Å². The number of hydrogen-bond acceptors (Lipinski definition) is 2. The number of carbonyl (C=O) groups excluding carboxylic acids is 1. The number of rotatable bonds is 5. The summed E-state index contributed by atoms with van der Waals surface area (Å²) < 4.78 is 26.3. The van der Waals surface area contributed by atoms with Gasteiger partial charge in [0.25, 0.3) is 0 Å². The van der Waals surface area contributed by atoms with Crippen molar-refractivity contribution in [2.45, 2.75) is 13.3 Å². The van der Waals surface area contributed by atoms with Crippen molar-refractivity contribution < 1.29 is 13.6 Å². The second kappa shape index (κ2) is 6.66. The van der Waals surface area contributed by atoms with Gasteiger partial charge < -0.3 is 10.6 Å². The summed E-state index contributed by atoms with van der Waals surface area (Å²) in [6.45, 7) is 3.21. The molecule has 0 unspecified atom stereocenters. The molecule has 1 aromatic rings. The third-order valence-corrected chi connectivity index (χ3v) is 2.67. The lowest BCUT2D eigenvalue weighted by Gasteiger charge is -2.07. The minimum absolute atomic E-state index is 0.0280. The molecular weight excluding hydrogens is 294 g/mol. The fourth-order valence-electron chi connectivity index (χ4n) is 1.21. The Morgan fingerprint density at radius 2 is 2.06 bits per heavy atom. The molecule has 6 heteroatoms. The van der Waals surface area contributed by atoms with Crippen LogP contribution in [0.15, 0.2) is 16.6 Å². The Labute approximate surface area is 107 Å². The minimum atomic E-state index is -0.789. The molecule has 3 nitrogen and oxygen atoms in total. The number of carbonyl (C=O) groups is 1. The van der Waals surface area contributed by atoms with E-state index in [1.807, 2.05) is 6.92 Å². The van der Waals surface area contributed by atoms with Gasteiger partial charge in [-0.3, -0.25) is 4.79 Å². The van der Waals surface area contributed by atoms with Crippen molar-refractivity contribution in [3.63, 3.8) is 0 Å². The average Bonchev–Trinajstić information content (AvgIpc) is 2.26. The molecule has 0 spiro atoms. The van der Waals surface area contributed by atoms with Crippen molar-refractivity contribution in [2.24, 2.45) is 0 Å². The third kappa shape index (κ3) is 4.40. The number of amides is 1. The summed E-state index contributed by atoms with van der Waals surface area (Å²) in [5.74, 6) is -1.81. The van der Waals surface area contributed by atoms with Gasteiger partial charge in [-0.15, -0.1) is 0 Å². The van der Waals surface area contributed by atoms with Gasteiger partial charge >= 0.3 is 0 Å². The highest BCUT2D eigenvalue weighted by Crippen LogP contribution is 2.23. The monoisotopic (exact) mass is 306 g/mol. The quantitative estimate of drug-likeness (QED) is 0.648. The first-order valence-electron chi connectivity index (χ1n) is 5.19. The highest BCUT2D eigenvalue weighted by atomic mass is 79.9. The van der Waals surface area contributed by atoms with Gasteiger partial charge in [0.2, 0.25) is 5.91 Å². The van der Waals surface area contributed by atoms with Crippen LogP contribution in [0.1, 0.15) is 13.3 Å². The minimum Gasteiger partial charge on any atom is -0.324 e. The van der Waals surface area contributed by atoms with Gasteiger partial charge in [0, 0.05) is 19.0 Å². The van der Waals surface area contributed by atoms with Crippen molar-refractivity contribution in [3.8, 4) is 0 Å². The van der Waals surface area contributed by atoms with Crippen molar-refractivity contribution in [2.75, 3.05) is 18.4 Å². The van der Waals surface area contributed by atoms with E-state index in [1.54, 1.807) is 0 Å². The maximum Gasteiger partial charge on any atom is 0.225 e. The summed E-state index contributed by atoms with van der Waals surface area (Å²) in [6, 6.07) is 1.93. The van der Waals surface area contributed by atoms with Crippen LogP contribution in [0.5, 0.6) is 0 Å². The zero-order valence-electron chi connectivity index (χ0n) is 9.32. The number of anilines is 1. The molecule has 0 aliphatic rings. The topological polar surface area (TPSA) is 41.1 Å². The second-order valence-corrected chi connectivity index (χ2v) is 4.25.